The molecule has 0 N–H and O–H groups in total. The molecule has 98 valence electrons. The molecule has 3 heterocycles. The molecule has 0 saturated carbocycles. The van der Waals surface area contributed by atoms with Gasteiger partial charge in [0.15, 0.2) is 0 Å². The summed E-state index contributed by atoms with van der Waals surface area (Å²) in [6.45, 7) is 2.75. The maximum atomic E-state index is 4.34. The molecule has 3 aromatic rings. The minimum absolute atomic E-state index is 0.770. The molecule has 3 aromatic heterocycles. The van der Waals surface area contributed by atoms with Crippen LogP contribution in [0.3, 0.4) is 0 Å². The van der Waals surface area contributed by atoms with Crippen molar-refractivity contribution in [3.05, 3.63) is 42.4 Å². The zero-order chi connectivity index (χ0) is 13.2. The summed E-state index contributed by atoms with van der Waals surface area (Å²) < 4.78 is 5.67. The first-order valence-corrected chi connectivity index (χ1v) is 6.11. The lowest BCUT2D eigenvalue weighted by Gasteiger charge is -2.06. The lowest BCUT2D eigenvalue weighted by atomic mass is 10.4. The van der Waals surface area contributed by atoms with E-state index in [9.17, 15) is 0 Å². The molecule has 19 heavy (non-hydrogen) atoms. The van der Waals surface area contributed by atoms with Gasteiger partial charge in [-0.3, -0.25) is 13.9 Å². The summed E-state index contributed by atoms with van der Waals surface area (Å²) in [6.07, 6.45) is 6.20. The Hall–Kier alpha value is -2.44. The van der Waals surface area contributed by atoms with Gasteiger partial charge in [0.05, 0.1) is 5.69 Å². The van der Waals surface area contributed by atoms with Gasteiger partial charge in [0, 0.05) is 38.5 Å². The molecule has 0 aromatic carbocycles. The van der Waals surface area contributed by atoms with Crippen molar-refractivity contribution in [1.82, 2.24) is 34.3 Å². The van der Waals surface area contributed by atoms with Crippen LogP contribution in [-0.4, -0.2) is 34.3 Å². The smallest absolute Gasteiger partial charge is 0.140 e. The number of hydrogen-bond donors (Lipinski definition) is 0. The average molecular weight is 257 g/mol. The Bertz CT molecular complexity index is 662. The fourth-order valence-electron chi connectivity index (χ4n) is 2.09. The van der Waals surface area contributed by atoms with E-state index >= 15 is 0 Å². The summed E-state index contributed by atoms with van der Waals surface area (Å²) in [5, 5.41) is 16.7. The summed E-state index contributed by atoms with van der Waals surface area (Å²) in [5.74, 6) is 1.87. The van der Waals surface area contributed by atoms with Crippen LogP contribution in [0.2, 0.25) is 0 Å². The minimum Gasteiger partial charge on any atom is -0.272 e. The normalized spacial score (nSPS) is 11.1. The highest BCUT2D eigenvalue weighted by Gasteiger charge is 2.10. The second-order valence-corrected chi connectivity index (χ2v) is 4.40. The topological polar surface area (TPSA) is 66.3 Å². The van der Waals surface area contributed by atoms with Crippen molar-refractivity contribution in [1.29, 1.82) is 0 Å². The summed E-state index contributed by atoms with van der Waals surface area (Å²) in [6, 6.07) is 3.93. The SMILES string of the molecule is Cc1cc(-n2cnnc2CCn2cccn2)n(C)n1. The predicted octanol–water partition coefficient (Wildman–Crippen LogP) is 0.748. The molecule has 0 aliphatic carbocycles. The van der Waals surface area contributed by atoms with E-state index < -0.39 is 0 Å². The van der Waals surface area contributed by atoms with Gasteiger partial charge in [0.25, 0.3) is 0 Å². The van der Waals surface area contributed by atoms with Crippen molar-refractivity contribution < 1.29 is 0 Å². The monoisotopic (exact) mass is 257 g/mol. The Labute approximate surface area is 110 Å². The van der Waals surface area contributed by atoms with Crippen LogP contribution in [0.15, 0.2) is 30.9 Å². The van der Waals surface area contributed by atoms with Crippen LogP contribution in [0.25, 0.3) is 5.82 Å². The van der Waals surface area contributed by atoms with Crippen molar-refractivity contribution in [3.8, 4) is 5.82 Å². The third kappa shape index (κ3) is 2.26. The summed E-state index contributed by atoms with van der Waals surface area (Å²) in [4.78, 5) is 0. The molecule has 0 aliphatic heterocycles. The van der Waals surface area contributed by atoms with Crippen LogP contribution < -0.4 is 0 Å². The molecule has 3 rings (SSSR count). The highest BCUT2D eigenvalue weighted by Crippen LogP contribution is 2.11. The quantitative estimate of drug-likeness (QED) is 0.691. The Morgan fingerprint density at radius 3 is 2.89 bits per heavy atom. The fraction of sp³-hybridized carbons (Fsp3) is 0.333. The fourth-order valence-corrected chi connectivity index (χ4v) is 2.09. The zero-order valence-corrected chi connectivity index (χ0v) is 10.9. The van der Waals surface area contributed by atoms with Gasteiger partial charge in [-0.25, -0.2) is 0 Å². The molecular formula is C12H15N7. The van der Waals surface area contributed by atoms with Gasteiger partial charge < -0.3 is 0 Å². The molecule has 0 amide bonds. The van der Waals surface area contributed by atoms with Gasteiger partial charge in [-0.2, -0.15) is 10.2 Å². The van der Waals surface area contributed by atoms with E-state index in [4.69, 9.17) is 0 Å². The lowest BCUT2D eigenvalue weighted by Crippen LogP contribution is -2.09. The predicted molar refractivity (Wildman–Crippen MR) is 68.8 cm³/mol. The maximum absolute atomic E-state index is 4.34. The van der Waals surface area contributed by atoms with Crippen molar-refractivity contribution in [2.45, 2.75) is 19.9 Å². The molecule has 0 saturated heterocycles. The van der Waals surface area contributed by atoms with E-state index in [0.717, 1.165) is 30.3 Å². The Kier molecular flexibility index (Phi) is 2.86. The largest absolute Gasteiger partial charge is 0.272 e. The lowest BCUT2D eigenvalue weighted by molar-refractivity contribution is 0.590. The first-order chi connectivity index (χ1) is 9.24. The molecule has 0 radical (unpaired) electrons. The first kappa shape index (κ1) is 11.6. The first-order valence-electron chi connectivity index (χ1n) is 6.11. The molecule has 0 bridgehead atoms. The van der Waals surface area contributed by atoms with Crippen LogP contribution in [0.5, 0.6) is 0 Å². The van der Waals surface area contributed by atoms with Gasteiger partial charge in [-0.15, -0.1) is 10.2 Å². The van der Waals surface area contributed by atoms with Gasteiger partial charge in [-0.1, -0.05) is 0 Å². The highest BCUT2D eigenvalue weighted by molar-refractivity contribution is 5.26. The molecule has 7 heteroatoms. The van der Waals surface area contributed by atoms with Crippen LogP contribution in [0, 0.1) is 6.92 Å². The van der Waals surface area contributed by atoms with Crippen molar-refractivity contribution in [2.75, 3.05) is 0 Å². The van der Waals surface area contributed by atoms with Gasteiger partial charge in [0.1, 0.15) is 18.0 Å². The zero-order valence-electron chi connectivity index (χ0n) is 10.9. The molecule has 0 fully saturated rings. The van der Waals surface area contributed by atoms with E-state index in [1.165, 1.54) is 0 Å². The summed E-state index contributed by atoms with van der Waals surface area (Å²) in [7, 11) is 1.92. The third-order valence-corrected chi connectivity index (χ3v) is 2.97. The molecule has 7 nitrogen and oxygen atoms in total. The molecule has 0 unspecified atom stereocenters. The Balaban J connectivity index is 1.84. The Morgan fingerprint density at radius 1 is 1.32 bits per heavy atom. The van der Waals surface area contributed by atoms with Gasteiger partial charge in [0.2, 0.25) is 0 Å². The van der Waals surface area contributed by atoms with Gasteiger partial charge >= 0.3 is 0 Å². The standard InChI is InChI=1S/C12H15N7/c1-10-8-12(17(2)16-10)19-9-13-15-11(19)4-7-18-6-3-5-14-18/h3,5-6,8-9H,4,7H2,1-2H3. The summed E-state index contributed by atoms with van der Waals surface area (Å²) >= 11 is 0. The summed E-state index contributed by atoms with van der Waals surface area (Å²) in [5.41, 5.74) is 0.976. The van der Waals surface area contributed by atoms with E-state index in [0.29, 0.717) is 0 Å². The second kappa shape index (κ2) is 4.68. The van der Waals surface area contributed by atoms with Crippen LogP contribution in [0.1, 0.15) is 11.5 Å². The van der Waals surface area contributed by atoms with E-state index in [1.54, 1.807) is 12.5 Å². The number of hydrogen-bond acceptors (Lipinski definition) is 4. The number of aromatic nitrogens is 7. The second-order valence-electron chi connectivity index (χ2n) is 4.40. The molecular weight excluding hydrogens is 242 g/mol. The van der Waals surface area contributed by atoms with Crippen LogP contribution in [-0.2, 0) is 20.0 Å². The number of rotatable bonds is 4. The van der Waals surface area contributed by atoms with Crippen molar-refractivity contribution in [2.24, 2.45) is 7.05 Å². The number of aryl methyl sites for hydroxylation is 4. The number of nitrogens with zero attached hydrogens (tertiary/aromatic N) is 7. The highest BCUT2D eigenvalue weighted by atomic mass is 15.4. The van der Waals surface area contributed by atoms with Gasteiger partial charge in [-0.05, 0) is 13.0 Å². The Morgan fingerprint density at radius 2 is 2.21 bits per heavy atom. The van der Waals surface area contributed by atoms with Crippen LogP contribution in [0.4, 0.5) is 0 Å². The van der Waals surface area contributed by atoms with E-state index in [1.807, 2.05) is 46.2 Å². The molecule has 0 aliphatic rings. The van der Waals surface area contributed by atoms with Crippen molar-refractivity contribution in [3.63, 3.8) is 0 Å². The van der Waals surface area contributed by atoms with E-state index in [-0.39, 0.29) is 0 Å². The third-order valence-electron chi connectivity index (χ3n) is 2.97. The average Bonchev–Trinajstić information content (AvgIpc) is 3.07. The molecule has 0 spiro atoms. The maximum Gasteiger partial charge on any atom is 0.140 e. The van der Waals surface area contributed by atoms with Crippen molar-refractivity contribution >= 4 is 0 Å². The minimum atomic E-state index is 0.770. The molecule has 0 atom stereocenters. The van der Waals surface area contributed by atoms with Crippen LogP contribution >= 0.6 is 0 Å². The van der Waals surface area contributed by atoms with E-state index in [2.05, 4.69) is 20.4 Å².